The molecule has 18 heavy (non-hydrogen) atoms. The Balaban J connectivity index is 2.10. The van der Waals surface area contributed by atoms with Crippen molar-refractivity contribution in [2.24, 2.45) is 0 Å². The van der Waals surface area contributed by atoms with E-state index < -0.39 is 0 Å². The minimum absolute atomic E-state index is 0.0164. The highest BCUT2D eigenvalue weighted by atomic mass is 16.5. The van der Waals surface area contributed by atoms with Gasteiger partial charge in [0, 0.05) is 0 Å². The van der Waals surface area contributed by atoms with E-state index in [2.05, 4.69) is 15.5 Å². The monoisotopic (exact) mass is 256 g/mol. The molecule has 1 aromatic rings. The van der Waals surface area contributed by atoms with Crippen LogP contribution in [0.4, 0.5) is 6.01 Å². The predicted molar refractivity (Wildman–Crippen MR) is 65.3 cm³/mol. The lowest BCUT2D eigenvalue weighted by Crippen LogP contribution is -2.54. The number of rotatable bonds is 4. The molecule has 1 saturated heterocycles. The van der Waals surface area contributed by atoms with E-state index in [1.54, 1.807) is 0 Å². The van der Waals surface area contributed by atoms with Crippen molar-refractivity contribution in [3.63, 3.8) is 0 Å². The molecule has 0 saturated carbocycles. The summed E-state index contributed by atoms with van der Waals surface area (Å²) in [4.78, 5) is 1.95. The number of anilines is 1. The number of nitrogens with one attached hydrogen (secondary N) is 1. The molecule has 0 amide bonds. The van der Waals surface area contributed by atoms with E-state index in [0.29, 0.717) is 31.5 Å². The van der Waals surface area contributed by atoms with E-state index >= 15 is 0 Å². The average molecular weight is 256 g/mol. The number of hydrogen-bond donors (Lipinski definition) is 2. The van der Waals surface area contributed by atoms with Crippen LogP contribution in [0.25, 0.3) is 0 Å². The van der Waals surface area contributed by atoms with Gasteiger partial charge in [-0.25, -0.2) is 0 Å². The summed E-state index contributed by atoms with van der Waals surface area (Å²) in [5, 5.41) is 20.2. The Morgan fingerprint density at radius 2 is 2.28 bits per heavy atom. The molecule has 0 spiro atoms. The average Bonchev–Trinajstić information content (AvgIpc) is 2.76. The molecule has 1 aliphatic rings. The zero-order chi connectivity index (χ0) is 13.2. The quantitative estimate of drug-likeness (QED) is 0.769. The van der Waals surface area contributed by atoms with Crippen molar-refractivity contribution in [3.8, 4) is 0 Å². The molecular weight excluding hydrogens is 236 g/mol. The van der Waals surface area contributed by atoms with Crippen LogP contribution in [-0.2, 0) is 11.3 Å². The summed E-state index contributed by atoms with van der Waals surface area (Å²) in [6, 6.07) is 0.482. The van der Waals surface area contributed by atoms with Crippen LogP contribution < -0.4 is 10.2 Å². The Labute approximate surface area is 106 Å². The van der Waals surface area contributed by atoms with Gasteiger partial charge in [-0.05, 0) is 20.9 Å². The van der Waals surface area contributed by atoms with E-state index in [1.807, 2.05) is 25.8 Å². The topological polar surface area (TPSA) is 83.7 Å². The molecule has 0 aromatic carbocycles. The summed E-state index contributed by atoms with van der Waals surface area (Å²) in [6.07, 6.45) is -0.228. The first kappa shape index (κ1) is 13.3. The molecular formula is C11H20N4O3. The first-order valence-corrected chi connectivity index (χ1v) is 6.04. The molecule has 1 fully saturated rings. The number of nitrogens with zero attached hydrogens (tertiary/aromatic N) is 3. The molecule has 1 unspecified atom stereocenters. The van der Waals surface area contributed by atoms with Crippen LogP contribution in [0, 0.1) is 0 Å². The summed E-state index contributed by atoms with van der Waals surface area (Å²) in [6.45, 7) is 5.70. The number of aliphatic hydroxyl groups excluding tert-OH is 1. The maximum absolute atomic E-state index is 9.25. The number of morpholine rings is 1. The fourth-order valence-electron chi connectivity index (χ4n) is 2.13. The van der Waals surface area contributed by atoms with Crippen LogP contribution in [0.5, 0.6) is 0 Å². The zero-order valence-electron chi connectivity index (χ0n) is 11.0. The van der Waals surface area contributed by atoms with Crippen molar-refractivity contribution in [2.45, 2.75) is 32.1 Å². The predicted octanol–water partition coefficient (Wildman–Crippen LogP) is -0.235. The molecule has 1 aliphatic heterocycles. The molecule has 7 heteroatoms. The second-order valence-corrected chi connectivity index (χ2v) is 5.07. The van der Waals surface area contributed by atoms with Gasteiger partial charge in [0.25, 0.3) is 0 Å². The molecule has 102 valence electrons. The highest BCUT2D eigenvalue weighted by Crippen LogP contribution is 2.25. The van der Waals surface area contributed by atoms with E-state index in [1.165, 1.54) is 0 Å². The van der Waals surface area contributed by atoms with Crippen molar-refractivity contribution in [2.75, 3.05) is 31.6 Å². The van der Waals surface area contributed by atoms with Crippen molar-refractivity contribution in [3.05, 3.63) is 5.89 Å². The van der Waals surface area contributed by atoms with Gasteiger partial charge >= 0.3 is 6.01 Å². The Bertz CT molecular complexity index is 393. The minimum atomic E-state index is -0.344. The molecule has 0 aliphatic carbocycles. The second-order valence-electron chi connectivity index (χ2n) is 5.07. The molecule has 1 aromatic heterocycles. The molecule has 7 nitrogen and oxygen atoms in total. The Morgan fingerprint density at radius 3 is 2.94 bits per heavy atom. The number of hydrogen-bond acceptors (Lipinski definition) is 7. The Morgan fingerprint density at radius 1 is 1.50 bits per heavy atom. The third-order valence-electron chi connectivity index (χ3n) is 2.74. The van der Waals surface area contributed by atoms with Crippen molar-refractivity contribution in [1.29, 1.82) is 0 Å². The van der Waals surface area contributed by atoms with E-state index in [0.717, 1.165) is 0 Å². The van der Waals surface area contributed by atoms with Crippen LogP contribution in [0.3, 0.4) is 0 Å². The first-order valence-electron chi connectivity index (χ1n) is 6.04. The van der Waals surface area contributed by atoms with Gasteiger partial charge in [-0.1, -0.05) is 5.10 Å². The molecule has 0 bridgehead atoms. The zero-order valence-corrected chi connectivity index (χ0v) is 11.0. The third kappa shape index (κ3) is 2.98. The molecule has 2 heterocycles. The van der Waals surface area contributed by atoms with Crippen LogP contribution in [-0.4, -0.2) is 53.8 Å². The fourth-order valence-corrected chi connectivity index (χ4v) is 2.13. The van der Waals surface area contributed by atoms with Crippen molar-refractivity contribution < 1.29 is 14.3 Å². The van der Waals surface area contributed by atoms with Crippen LogP contribution in [0.15, 0.2) is 4.42 Å². The van der Waals surface area contributed by atoms with E-state index in [-0.39, 0.29) is 18.3 Å². The lowest BCUT2D eigenvalue weighted by Gasteiger charge is -2.41. The molecule has 0 radical (unpaired) electrons. The van der Waals surface area contributed by atoms with Crippen LogP contribution in [0.1, 0.15) is 19.7 Å². The van der Waals surface area contributed by atoms with Gasteiger partial charge in [0.1, 0.15) is 0 Å². The summed E-state index contributed by atoms with van der Waals surface area (Å²) >= 11 is 0. The normalized spacial score (nSPS) is 23.3. The third-order valence-corrected chi connectivity index (χ3v) is 2.74. The Kier molecular flexibility index (Phi) is 3.84. The smallest absolute Gasteiger partial charge is 0.318 e. The lowest BCUT2D eigenvalue weighted by atomic mass is 10.1. The largest absolute Gasteiger partial charge is 0.407 e. The number of ether oxygens (including phenoxy) is 1. The maximum atomic E-state index is 9.25. The fraction of sp³-hybridized carbons (Fsp3) is 0.818. The summed E-state index contributed by atoms with van der Waals surface area (Å²) in [5.41, 5.74) is -0.344. The van der Waals surface area contributed by atoms with Gasteiger partial charge in [0.15, 0.2) is 0 Å². The highest BCUT2D eigenvalue weighted by molar-refractivity contribution is 5.27. The van der Waals surface area contributed by atoms with Gasteiger partial charge in [-0.15, -0.1) is 5.10 Å². The van der Waals surface area contributed by atoms with Gasteiger partial charge in [-0.3, -0.25) is 0 Å². The van der Waals surface area contributed by atoms with Gasteiger partial charge < -0.3 is 24.5 Å². The summed E-state index contributed by atoms with van der Waals surface area (Å²) < 4.78 is 11.3. The number of aromatic nitrogens is 2. The SMILES string of the molecule is CNCc1nnc(N2CC(CO)OC(C)(C)C2)o1. The minimum Gasteiger partial charge on any atom is -0.407 e. The summed E-state index contributed by atoms with van der Waals surface area (Å²) in [5.74, 6) is 0.553. The second kappa shape index (κ2) is 5.21. The standard InChI is InChI=1S/C11H20N4O3/c1-11(2)7-15(5-8(6-16)18-11)10-14-13-9(17-10)4-12-3/h8,12,16H,4-7H2,1-3H3. The first-order chi connectivity index (χ1) is 8.54. The van der Waals surface area contributed by atoms with Gasteiger partial charge in [0.05, 0.1) is 37.9 Å². The van der Waals surface area contributed by atoms with Gasteiger partial charge in [0.2, 0.25) is 5.89 Å². The Hall–Kier alpha value is -1.18. The highest BCUT2D eigenvalue weighted by Gasteiger charge is 2.35. The van der Waals surface area contributed by atoms with Crippen molar-refractivity contribution >= 4 is 6.01 Å². The van der Waals surface area contributed by atoms with E-state index in [4.69, 9.17) is 9.15 Å². The molecule has 1 atom stereocenters. The number of aliphatic hydroxyl groups is 1. The van der Waals surface area contributed by atoms with Crippen LogP contribution in [0.2, 0.25) is 0 Å². The molecule has 2 N–H and O–H groups in total. The van der Waals surface area contributed by atoms with Crippen molar-refractivity contribution in [1.82, 2.24) is 15.5 Å². The lowest BCUT2D eigenvalue weighted by molar-refractivity contribution is -0.102. The summed E-state index contributed by atoms with van der Waals surface area (Å²) in [7, 11) is 1.82. The maximum Gasteiger partial charge on any atom is 0.318 e. The van der Waals surface area contributed by atoms with Gasteiger partial charge in [-0.2, -0.15) is 0 Å². The van der Waals surface area contributed by atoms with Crippen LogP contribution >= 0.6 is 0 Å². The molecule has 2 rings (SSSR count). The van der Waals surface area contributed by atoms with E-state index in [9.17, 15) is 5.11 Å².